The number of nitrogens with zero attached hydrogens (tertiary/aromatic N) is 1. The van der Waals surface area contributed by atoms with E-state index >= 15 is 0 Å². The molecule has 0 spiro atoms. The number of hydrogen-bond donors (Lipinski definition) is 1. The summed E-state index contributed by atoms with van der Waals surface area (Å²) in [6, 6.07) is 0. The van der Waals surface area contributed by atoms with Gasteiger partial charge in [-0.2, -0.15) is 0 Å². The molecule has 0 aliphatic heterocycles. The van der Waals surface area contributed by atoms with Crippen molar-refractivity contribution in [3.05, 3.63) is 0 Å². The molecule has 2 heteroatoms. The van der Waals surface area contributed by atoms with Gasteiger partial charge in [0.05, 0.1) is 6.10 Å². The van der Waals surface area contributed by atoms with E-state index in [1.165, 1.54) is 45.1 Å². The molecule has 3 atom stereocenters. The molecule has 0 aromatic heterocycles. The highest BCUT2D eigenvalue weighted by Gasteiger charge is 2.28. The molecule has 0 heterocycles. The van der Waals surface area contributed by atoms with Crippen LogP contribution in [0.4, 0.5) is 0 Å². The van der Waals surface area contributed by atoms with Gasteiger partial charge in [-0.05, 0) is 56.9 Å². The minimum absolute atomic E-state index is 0.0442. The zero-order valence-corrected chi connectivity index (χ0v) is 11.6. The fourth-order valence-corrected chi connectivity index (χ4v) is 3.79. The van der Waals surface area contributed by atoms with Crippen molar-refractivity contribution in [3.63, 3.8) is 0 Å². The molecule has 0 aromatic carbocycles. The van der Waals surface area contributed by atoms with Crippen molar-refractivity contribution >= 4 is 0 Å². The summed E-state index contributed by atoms with van der Waals surface area (Å²) in [6.45, 7) is 4.68. The lowest BCUT2D eigenvalue weighted by molar-refractivity contribution is 0.0327. The standard InChI is InChI=1S/C15H29NO/c1-12-7-8-15(17)14(9-12)11-16(2)10-13-5-3-4-6-13/h12-15,17H,3-11H2,1-2H3. The zero-order chi connectivity index (χ0) is 12.3. The molecular formula is C15H29NO. The molecule has 17 heavy (non-hydrogen) atoms. The fraction of sp³-hybridized carbons (Fsp3) is 1.00. The normalized spacial score (nSPS) is 35.6. The van der Waals surface area contributed by atoms with Crippen molar-refractivity contribution in [3.8, 4) is 0 Å². The summed E-state index contributed by atoms with van der Waals surface area (Å²) < 4.78 is 0. The topological polar surface area (TPSA) is 23.5 Å². The first-order valence-electron chi connectivity index (χ1n) is 7.51. The van der Waals surface area contributed by atoms with Crippen LogP contribution in [-0.2, 0) is 0 Å². The Kier molecular flexibility index (Phi) is 4.87. The van der Waals surface area contributed by atoms with Crippen LogP contribution in [0.2, 0.25) is 0 Å². The number of hydrogen-bond acceptors (Lipinski definition) is 2. The van der Waals surface area contributed by atoms with Crippen molar-refractivity contribution in [1.29, 1.82) is 0 Å². The predicted octanol–water partition coefficient (Wildman–Crippen LogP) is 2.91. The highest BCUT2D eigenvalue weighted by Crippen LogP contribution is 2.30. The lowest BCUT2D eigenvalue weighted by Crippen LogP contribution is -2.38. The van der Waals surface area contributed by atoms with Crippen molar-refractivity contribution in [2.24, 2.45) is 17.8 Å². The molecule has 100 valence electrons. The van der Waals surface area contributed by atoms with Gasteiger partial charge >= 0.3 is 0 Å². The van der Waals surface area contributed by atoms with E-state index in [1.54, 1.807) is 0 Å². The van der Waals surface area contributed by atoms with Crippen molar-refractivity contribution in [2.75, 3.05) is 20.1 Å². The second-order valence-electron chi connectivity index (χ2n) is 6.62. The summed E-state index contributed by atoms with van der Waals surface area (Å²) in [7, 11) is 2.24. The van der Waals surface area contributed by atoms with Gasteiger partial charge in [0.25, 0.3) is 0 Å². The van der Waals surface area contributed by atoms with E-state index in [9.17, 15) is 5.11 Å². The molecule has 0 aromatic rings. The van der Waals surface area contributed by atoms with Crippen LogP contribution in [-0.4, -0.2) is 36.2 Å². The Bertz CT molecular complexity index is 225. The SMILES string of the molecule is CC1CCC(O)C(CN(C)CC2CCCC2)C1. The number of aliphatic hydroxyl groups excluding tert-OH is 1. The average Bonchev–Trinajstić information content (AvgIpc) is 2.76. The summed E-state index contributed by atoms with van der Waals surface area (Å²) in [5.74, 6) is 2.26. The lowest BCUT2D eigenvalue weighted by atomic mass is 9.80. The first kappa shape index (κ1) is 13.4. The Balaban J connectivity index is 1.74. The molecule has 2 fully saturated rings. The molecule has 3 unspecified atom stereocenters. The minimum atomic E-state index is -0.0442. The third kappa shape index (κ3) is 3.96. The molecule has 0 radical (unpaired) electrons. The van der Waals surface area contributed by atoms with E-state index in [2.05, 4.69) is 18.9 Å². The summed E-state index contributed by atoms with van der Waals surface area (Å²) in [4.78, 5) is 2.47. The Labute approximate surface area is 106 Å². The van der Waals surface area contributed by atoms with Crippen LogP contribution in [0.1, 0.15) is 51.9 Å². The van der Waals surface area contributed by atoms with Crippen LogP contribution in [0.15, 0.2) is 0 Å². The number of aliphatic hydroxyl groups is 1. The second kappa shape index (κ2) is 6.19. The van der Waals surface area contributed by atoms with Gasteiger partial charge in [0, 0.05) is 13.1 Å². The van der Waals surface area contributed by atoms with Gasteiger partial charge in [-0.3, -0.25) is 0 Å². The molecule has 0 saturated heterocycles. The van der Waals surface area contributed by atoms with Crippen molar-refractivity contribution in [1.82, 2.24) is 4.90 Å². The van der Waals surface area contributed by atoms with Crippen LogP contribution in [0.5, 0.6) is 0 Å². The second-order valence-corrected chi connectivity index (χ2v) is 6.62. The summed E-state index contributed by atoms with van der Waals surface area (Å²) >= 11 is 0. The molecule has 2 nitrogen and oxygen atoms in total. The Morgan fingerprint density at radius 1 is 1.06 bits per heavy atom. The largest absolute Gasteiger partial charge is 0.393 e. The molecule has 0 bridgehead atoms. The summed E-state index contributed by atoms with van der Waals surface area (Å²) in [5.41, 5.74) is 0. The minimum Gasteiger partial charge on any atom is -0.393 e. The molecule has 2 rings (SSSR count). The Morgan fingerprint density at radius 3 is 2.47 bits per heavy atom. The summed E-state index contributed by atoms with van der Waals surface area (Å²) in [6.07, 6.45) is 9.12. The Hall–Kier alpha value is -0.0800. The first-order valence-corrected chi connectivity index (χ1v) is 7.51. The van der Waals surface area contributed by atoms with Crippen LogP contribution >= 0.6 is 0 Å². The lowest BCUT2D eigenvalue weighted by Gasteiger charge is -2.35. The van der Waals surface area contributed by atoms with E-state index in [0.717, 1.165) is 24.8 Å². The van der Waals surface area contributed by atoms with E-state index in [0.29, 0.717) is 5.92 Å². The van der Waals surface area contributed by atoms with Crippen LogP contribution in [0, 0.1) is 17.8 Å². The van der Waals surface area contributed by atoms with Crippen LogP contribution in [0.25, 0.3) is 0 Å². The smallest absolute Gasteiger partial charge is 0.0580 e. The molecule has 1 N–H and O–H groups in total. The monoisotopic (exact) mass is 239 g/mol. The zero-order valence-electron chi connectivity index (χ0n) is 11.6. The summed E-state index contributed by atoms with van der Waals surface area (Å²) in [5, 5.41) is 10.1. The molecule has 2 aliphatic carbocycles. The molecule has 2 aliphatic rings. The van der Waals surface area contributed by atoms with Gasteiger partial charge in [0.2, 0.25) is 0 Å². The predicted molar refractivity (Wildman–Crippen MR) is 72.0 cm³/mol. The van der Waals surface area contributed by atoms with E-state index in [1.807, 2.05) is 0 Å². The molecular weight excluding hydrogens is 210 g/mol. The van der Waals surface area contributed by atoms with Crippen molar-refractivity contribution < 1.29 is 5.11 Å². The van der Waals surface area contributed by atoms with Crippen LogP contribution in [0.3, 0.4) is 0 Å². The maximum atomic E-state index is 10.1. The van der Waals surface area contributed by atoms with Gasteiger partial charge in [0.1, 0.15) is 0 Å². The Morgan fingerprint density at radius 2 is 1.76 bits per heavy atom. The van der Waals surface area contributed by atoms with Gasteiger partial charge < -0.3 is 10.0 Å². The van der Waals surface area contributed by atoms with E-state index in [-0.39, 0.29) is 6.10 Å². The highest BCUT2D eigenvalue weighted by molar-refractivity contribution is 4.81. The van der Waals surface area contributed by atoms with Gasteiger partial charge in [-0.15, -0.1) is 0 Å². The molecule has 0 amide bonds. The van der Waals surface area contributed by atoms with E-state index < -0.39 is 0 Å². The quantitative estimate of drug-likeness (QED) is 0.815. The average molecular weight is 239 g/mol. The van der Waals surface area contributed by atoms with Gasteiger partial charge in [0.15, 0.2) is 0 Å². The number of rotatable bonds is 4. The fourth-order valence-electron chi connectivity index (χ4n) is 3.79. The van der Waals surface area contributed by atoms with Crippen molar-refractivity contribution in [2.45, 2.75) is 58.0 Å². The first-order chi connectivity index (χ1) is 8.15. The maximum absolute atomic E-state index is 10.1. The van der Waals surface area contributed by atoms with Gasteiger partial charge in [-0.1, -0.05) is 19.8 Å². The molecule has 2 saturated carbocycles. The van der Waals surface area contributed by atoms with Crippen LogP contribution < -0.4 is 0 Å². The highest BCUT2D eigenvalue weighted by atomic mass is 16.3. The third-order valence-electron chi connectivity index (χ3n) is 4.80. The third-order valence-corrected chi connectivity index (χ3v) is 4.80. The maximum Gasteiger partial charge on any atom is 0.0580 e. The van der Waals surface area contributed by atoms with E-state index in [4.69, 9.17) is 0 Å². The van der Waals surface area contributed by atoms with Gasteiger partial charge in [-0.25, -0.2) is 0 Å².